The molecular weight excluding hydrogens is 472 g/mol. The van der Waals surface area contributed by atoms with Gasteiger partial charge in [0.1, 0.15) is 22.6 Å². The number of fused-ring (bicyclic) bond motifs is 1. The van der Waals surface area contributed by atoms with Crippen molar-refractivity contribution in [1.82, 2.24) is 19.9 Å². The Morgan fingerprint density at radius 1 is 1.11 bits per heavy atom. The van der Waals surface area contributed by atoms with Crippen LogP contribution in [0.1, 0.15) is 49.5 Å². The molecule has 0 bridgehead atoms. The van der Waals surface area contributed by atoms with Crippen LogP contribution in [-0.4, -0.2) is 25.0 Å². The number of halogens is 3. The van der Waals surface area contributed by atoms with Gasteiger partial charge in [0.25, 0.3) is 0 Å². The van der Waals surface area contributed by atoms with Crippen molar-refractivity contribution in [2.45, 2.75) is 39.3 Å². The van der Waals surface area contributed by atoms with E-state index in [0.29, 0.717) is 33.0 Å². The van der Waals surface area contributed by atoms with E-state index < -0.39 is 17.5 Å². The molecule has 6 nitrogen and oxygen atoms in total. The predicted octanol–water partition coefficient (Wildman–Crippen LogP) is 6.37. The standard InChI is InChI=1S/C26H24ClF2N5O/c1-6-15-7-8-18(28)17(9-15)13(2)33-24-21(27)14(3)32-20-10-19(29)22(34-23(20)24)16-11-30-25(31-12-16)26(4,5)35/h6-13,35H,1H2,2-5H3,(H,32,33). The Balaban J connectivity index is 1.83. The van der Waals surface area contributed by atoms with Gasteiger partial charge in [0.2, 0.25) is 0 Å². The smallest absolute Gasteiger partial charge is 0.159 e. The summed E-state index contributed by atoms with van der Waals surface area (Å²) in [6, 6.07) is 5.48. The van der Waals surface area contributed by atoms with E-state index in [2.05, 4.69) is 31.8 Å². The molecule has 0 aliphatic rings. The van der Waals surface area contributed by atoms with Gasteiger partial charge < -0.3 is 10.4 Å². The van der Waals surface area contributed by atoms with Crippen LogP contribution in [0.4, 0.5) is 14.5 Å². The highest BCUT2D eigenvalue weighted by atomic mass is 35.5. The van der Waals surface area contributed by atoms with Crippen molar-refractivity contribution < 1.29 is 13.9 Å². The first kappa shape index (κ1) is 24.6. The minimum atomic E-state index is -1.24. The van der Waals surface area contributed by atoms with Gasteiger partial charge >= 0.3 is 0 Å². The van der Waals surface area contributed by atoms with E-state index >= 15 is 4.39 Å². The number of nitrogens with zero attached hydrogens (tertiary/aromatic N) is 4. The fraction of sp³-hybridized carbons (Fsp3) is 0.231. The lowest BCUT2D eigenvalue weighted by molar-refractivity contribution is 0.0687. The molecule has 0 amide bonds. The van der Waals surface area contributed by atoms with Crippen molar-refractivity contribution in [2.24, 2.45) is 0 Å². The zero-order chi connectivity index (χ0) is 25.5. The average Bonchev–Trinajstić information content (AvgIpc) is 2.81. The first-order chi connectivity index (χ1) is 16.5. The van der Waals surface area contributed by atoms with Crippen LogP contribution < -0.4 is 5.32 Å². The normalized spacial score (nSPS) is 12.6. The number of aromatic nitrogens is 4. The third-order valence-electron chi connectivity index (χ3n) is 5.57. The van der Waals surface area contributed by atoms with Crippen LogP contribution in [0.25, 0.3) is 28.4 Å². The zero-order valence-corrected chi connectivity index (χ0v) is 20.5. The maximum absolute atomic E-state index is 15.0. The van der Waals surface area contributed by atoms with E-state index in [0.717, 1.165) is 5.56 Å². The van der Waals surface area contributed by atoms with Crippen LogP contribution in [0, 0.1) is 18.6 Å². The average molecular weight is 496 g/mol. The van der Waals surface area contributed by atoms with E-state index in [4.69, 9.17) is 11.6 Å². The molecule has 0 aliphatic heterocycles. The summed E-state index contributed by atoms with van der Waals surface area (Å²) < 4.78 is 29.6. The van der Waals surface area contributed by atoms with Crippen molar-refractivity contribution in [3.05, 3.63) is 82.5 Å². The van der Waals surface area contributed by atoms with Crippen LogP contribution in [0.2, 0.25) is 5.02 Å². The lowest BCUT2D eigenvalue weighted by Crippen LogP contribution is -2.19. The SMILES string of the molecule is C=Cc1ccc(F)c(C(C)Nc2c(Cl)c(C)nc3cc(F)c(-c4cnc(C(C)(C)O)nc4)nc23)c1. The maximum atomic E-state index is 15.0. The van der Waals surface area contributed by atoms with Gasteiger partial charge in [-0.25, -0.2) is 28.7 Å². The fourth-order valence-corrected chi connectivity index (χ4v) is 3.87. The molecule has 1 aromatic carbocycles. The highest BCUT2D eigenvalue weighted by Crippen LogP contribution is 2.36. The first-order valence-electron chi connectivity index (χ1n) is 10.9. The summed E-state index contributed by atoms with van der Waals surface area (Å²) in [5.41, 5.74) is 1.74. The lowest BCUT2D eigenvalue weighted by Gasteiger charge is -2.20. The molecular formula is C26H24ClF2N5O. The van der Waals surface area contributed by atoms with Gasteiger partial charge in [-0.3, -0.25) is 0 Å². The Kier molecular flexibility index (Phi) is 6.53. The van der Waals surface area contributed by atoms with E-state index in [9.17, 15) is 9.50 Å². The molecule has 1 unspecified atom stereocenters. The van der Waals surface area contributed by atoms with Crippen LogP contribution in [-0.2, 0) is 5.60 Å². The summed E-state index contributed by atoms with van der Waals surface area (Å²) in [5, 5.41) is 13.6. The molecule has 0 radical (unpaired) electrons. The van der Waals surface area contributed by atoms with Gasteiger partial charge in [0.05, 0.1) is 28.0 Å². The Hall–Kier alpha value is -3.49. The molecule has 0 saturated heterocycles. The molecule has 0 spiro atoms. The summed E-state index contributed by atoms with van der Waals surface area (Å²) in [4.78, 5) is 17.2. The van der Waals surface area contributed by atoms with Crippen LogP contribution in [0.15, 0.2) is 43.2 Å². The predicted molar refractivity (Wildman–Crippen MR) is 134 cm³/mol. The number of rotatable bonds is 6. The Labute approximate surface area is 206 Å². The van der Waals surface area contributed by atoms with E-state index in [1.807, 2.05) is 0 Å². The number of aliphatic hydroxyl groups is 1. The first-order valence-corrected chi connectivity index (χ1v) is 11.3. The molecule has 0 fully saturated rings. The molecule has 4 rings (SSSR count). The van der Waals surface area contributed by atoms with Gasteiger partial charge in [-0.15, -0.1) is 0 Å². The minimum Gasteiger partial charge on any atom is -0.382 e. The van der Waals surface area contributed by atoms with E-state index in [-0.39, 0.29) is 22.9 Å². The molecule has 3 heterocycles. The number of anilines is 1. The largest absolute Gasteiger partial charge is 0.382 e. The third kappa shape index (κ3) is 4.85. The maximum Gasteiger partial charge on any atom is 0.159 e. The summed E-state index contributed by atoms with van der Waals surface area (Å²) in [6.07, 6.45) is 4.43. The number of pyridine rings is 2. The summed E-state index contributed by atoms with van der Waals surface area (Å²) in [6.45, 7) is 10.3. The van der Waals surface area contributed by atoms with Gasteiger partial charge in [0.15, 0.2) is 11.6 Å². The monoisotopic (exact) mass is 495 g/mol. The summed E-state index contributed by atoms with van der Waals surface area (Å²) >= 11 is 6.59. The van der Waals surface area contributed by atoms with E-state index in [1.54, 1.807) is 45.9 Å². The van der Waals surface area contributed by atoms with Crippen molar-refractivity contribution in [3.8, 4) is 11.3 Å². The molecule has 35 heavy (non-hydrogen) atoms. The Bertz CT molecular complexity index is 1440. The molecule has 0 aliphatic carbocycles. The topological polar surface area (TPSA) is 83.8 Å². The van der Waals surface area contributed by atoms with Crippen molar-refractivity contribution in [3.63, 3.8) is 0 Å². The lowest BCUT2D eigenvalue weighted by atomic mass is 10.0. The quantitative estimate of drug-likeness (QED) is 0.323. The third-order valence-corrected chi connectivity index (χ3v) is 6.04. The molecule has 3 aromatic heterocycles. The number of hydrogen-bond acceptors (Lipinski definition) is 6. The fourth-order valence-electron chi connectivity index (χ4n) is 3.68. The van der Waals surface area contributed by atoms with Gasteiger partial charge in [-0.05, 0) is 45.4 Å². The minimum absolute atomic E-state index is 0.00273. The van der Waals surface area contributed by atoms with Crippen LogP contribution in [0.3, 0.4) is 0 Å². The second kappa shape index (κ2) is 9.28. The molecule has 9 heteroatoms. The molecule has 0 saturated carbocycles. The Morgan fingerprint density at radius 3 is 2.43 bits per heavy atom. The number of aryl methyl sites for hydroxylation is 1. The van der Waals surface area contributed by atoms with Gasteiger partial charge in [-0.1, -0.05) is 30.3 Å². The number of nitrogens with one attached hydrogen (secondary N) is 1. The van der Waals surface area contributed by atoms with Crippen molar-refractivity contribution in [2.75, 3.05) is 5.32 Å². The molecule has 180 valence electrons. The second-order valence-electron chi connectivity index (χ2n) is 8.78. The van der Waals surface area contributed by atoms with Crippen molar-refractivity contribution >= 4 is 34.4 Å². The molecule has 2 N–H and O–H groups in total. The summed E-state index contributed by atoms with van der Waals surface area (Å²) in [5.74, 6) is -0.802. The molecule has 4 aromatic rings. The highest BCUT2D eigenvalue weighted by molar-refractivity contribution is 6.35. The van der Waals surface area contributed by atoms with Crippen LogP contribution in [0.5, 0.6) is 0 Å². The second-order valence-corrected chi connectivity index (χ2v) is 9.16. The van der Waals surface area contributed by atoms with Crippen molar-refractivity contribution in [1.29, 1.82) is 0 Å². The number of benzene rings is 1. The van der Waals surface area contributed by atoms with Gasteiger partial charge in [-0.2, -0.15) is 0 Å². The zero-order valence-electron chi connectivity index (χ0n) is 19.7. The molecule has 1 atom stereocenters. The summed E-state index contributed by atoms with van der Waals surface area (Å²) in [7, 11) is 0. The van der Waals surface area contributed by atoms with Crippen LogP contribution >= 0.6 is 11.6 Å². The van der Waals surface area contributed by atoms with E-state index in [1.165, 1.54) is 24.5 Å². The Morgan fingerprint density at radius 2 is 1.80 bits per heavy atom. The highest BCUT2D eigenvalue weighted by Gasteiger charge is 2.22. The number of hydrogen-bond donors (Lipinski definition) is 2. The van der Waals surface area contributed by atoms with Gasteiger partial charge in [0, 0.05) is 29.6 Å².